The Balaban J connectivity index is 1.88. The lowest BCUT2D eigenvalue weighted by Crippen LogP contribution is -2.14. The van der Waals surface area contributed by atoms with Gasteiger partial charge in [-0.05, 0) is 36.3 Å². The molecule has 0 spiro atoms. The molecule has 0 saturated carbocycles. The molecule has 0 radical (unpaired) electrons. The molecule has 0 aliphatic rings. The lowest BCUT2D eigenvalue weighted by Gasteiger charge is -1.96. The first-order valence-corrected chi connectivity index (χ1v) is 6.50. The van der Waals surface area contributed by atoms with Crippen LogP contribution in [0.1, 0.15) is 16.7 Å². The minimum atomic E-state index is -0.313. The van der Waals surface area contributed by atoms with Gasteiger partial charge in [-0.25, -0.2) is 5.43 Å². The van der Waals surface area contributed by atoms with Crippen molar-refractivity contribution in [2.75, 3.05) is 0 Å². The van der Waals surface area contributed by atoms with E-state index in [1.54, 1.807) is 30.3 Å². The van der Waals surface area contributed by atoms with E-state index < -0.39 is 0 Å². The first kappa shape index (κ1) is 14.5. The van der Waals surface area contributed by atoms with Gasteiger partial charge >= 0.3 is 0 Å². The predicted octanol–water partition coefficient (Wildman–Crippen LogP) is 2.86. The highest BCUT2D eigenvalue weighted by Crippen LogP contribution is 2.08. The van der Waals surface area contributed by atoms with Crippen LogP contribution in [0.5, 0.6) is 5.75 Å². The van der Waals surface area contributed by atoms with E-state index in [-0.39, 0.29) is 11.7 Å². The second-order valence-electron chi connectivity index (χ2n) is 4.57. The van der Waals surface area contributed by atoms with Crippen LogP contribution in [0.4, 0.5) is 0 Å². The normalized spacial score (nSPS) is 11.1. The fourth-order valence-corrected chi connectivity index (χ4v) is 1.66. The Bertz CT molecular complexity index is 673. The highest BCUT2D eigenvalue weighted by atomic mass is 16.3. The quantitative estimate of drug-likeness (QED) is 0.514. The Morgan fingerprint density at radius 3 is 2.62 bits per heavy atom. The molecular formula is C17H16N2O2. The molecule has 0 unspecified atom stereocenters. The zero-order valence-electron chi connectivity index (χ0n) is 11.7. The van der Waals surface area contributed by atoms with Crippen LogP contribution in [0.3, 0.4) is 0 Å². The van der Waals surface area contributed by atoms with Crippen molar-refractivity contribution >= 4 is 18.2 Å². The molecule has 0 bridgehead atoms. The van der Waals surface area contributed by atoms with Crippen LogP contribution in [0.2, 0.25) is 0 Å². The van der Waals surface area contributed by atoms with Gasteiger partial charge in [0.25, 0.3) is 5.91 Å². The average molecular weight is 280 g/mol. The number of nitrogens with one attached hydrogen (secondary N) is 1. The number of hydrazone groups is 1. The van der Waals surface area contributed by atoms with Crippen LogP contribution >= 0.6 is 0 Å². The summed E-state index contributed by atoms with van der Waals surface area (Å²) in [5.74, 6) is -0.156. The van der Waals surface area contributed by atoms with Crippen LogP contribution < -0.4 is 5.43 Å². The number of aryl methyl sites for hydroxylation is 1. The highest BCUT2D eigenvalue weighted by Gasteiger charge is 1.93. The van der Waals surface area contributed by atoms with E-state index >= 15 is 0 Å². The fourth-order valence-electron chi connectivity index (χ4n) is 1.66. The smallest absolute Gasteiger partial charge is 0.264 e. The number of carbonyl (C=O) groups is 1. The maximum absolute atomic E-state index is 11.6. The van der Waals surface area contributed by atoms with Crippen LogP contribution in [0, 0.1) is 6.92 Å². The molecule has 2 rings (SSSR count). The number of phenolic OH excluding ortho intramolecular Hbond substituents is 1. The van der Waals surface area contributed by atoms with Crippen molar-refractivity contribution in [3.05, 3.63) is 71.3 Å². The summed E-state index contributed by atoms with van der Waals surface area (Å²) < 4.78 is 0. The summed E-state index contributed by atoms with van der Waals surface area (Å²) in [5, 5.41) is 13.1. The zero-order chi connectivity index (χ0) is 15.1. The van der Waals surface area contributed by atoms with Gasteiger partial charge in [0, 0.05) is 6.08 Å². The minimum Gasteiger partial charge on any atom is -0.508 e. The van der Waals surface area contributed by atoms with E-state index in [1.807, 2.05) is 31.2 Å². The summed E-state index contributed by atoms with van der Waals surface area (Å²) in [4.78, 5) is 11.6. The summed E-state index contributed by atoms with van der Waals surface area (Å²) in [5.41, 5.74) is 5.23. The summed E-state index contributed by atoms with van der Waals surface area (Å²) in [7, 11) is 0. The Hall–Kier alpha value is -2.88. The maximum atomic E-state index is 11.6. The molecule has 0 fully saturated rings. The summed E-state index contributed by atoms with van der Waals surface area (Å²) in [6.07, 6.45) is 4.61. The third-order valence-electron chi connectivity index (χ3n) is 2.76. The third kappa shape index (κ3) is 4.95. The Morgan fingerprint density at radius 2 is 1.90 bits per heavy atom. The van der Waals surface area contributed by atoms with Crippen LogP contribution in [-0.2, 0) is 4.79 Å². The molecule has 21 heavy (non-hydrogen) atoms. The first-order chi connectivity index (χ1) is 10.1. The van der Waals surface area contributed by atoms with Gasteiger partial charge in [0.2, 0.25) is 0 Å². The fraction of sp³-hybridized carbons (Fsp3) is 0.0588. The molecule has 4 heteroatoms. The molecule has 0 aromatic heterocycles. The molecule has 0 saturated heterocycles. The van der Waals surface area contributed by atoms with Crippen LogP contribution in [-0.4, -0.2) is 17.2 Å². The molecule has 106 valence electrons. The van der Waals surface area contributed by atoms with E-state index in [1.165, 1.54) is 17.9 Å². The van der Waals surface area contributed by atoms with Crippen molar-refractivity contribution < 1.29 is 9.90 Å². The largest absolute Gasteiger partial charge is 0.508 e. The van der Waals surface area contributed by atoms with Crippen LogP contribution in [0.15, 0.2) is 59.7 Å². The third-order valence-corrected chi connectivity index (χ3v) is 2.76. The topological polar surface area (TPSA) is 61.7 Å². The first-order valence-electron chi connectivity index (χ1n) is 6.50. The van der Waals surface area contributed by atoms with Crippen molar-refractivity contribution in [2.45, 2.75) is 6.92 Å². The van der Waals surface area contributed by atoms with E-state index in [4.69, 9.17) is 0 Å². The van der Waals surface area contributed by atoms with Gasteiger partial charge in [-0.3, -0.25) is 4.79 Å². The van der Waals surface area contributed by atoms with Crippen LogP contribution in [0.25, 0.3) is 6.08 Å². The van der Waals surface area contributed by atoms with Gasteiger partial charge in [0.05, 0.1) is 6.21 Å². The molecule has 1 amide bonds. The van der Waals surface area contributed by atoms with Crippen molar-refractivity contribution in [1.82, 2.24) is 5.43 Å². The molecule has 2 aromatic carbocycles. The van der Waals surface area contributed by atoms with Crippen molar-refractivity contribution in [3.8, 4) is 5.75 Å². The number of carbonyl (C=O) groups excluding carboxylic acids is 1. The second kappa shape index (κ2) is 7.05. The SMILES string of the molecule is Cc1ccc(/C=C/C(=O)N/N=C\c2cccc(O)c2)cc1. The van der Waals surface area contributed by atoms with E-state index in [9.17, 15) is 9.90 Å². The maximum Gasteiger partial charge on any atom is 0.264 e. The predicted molar refractivity (Wildman–Crippen MR) is 84.1 cm³/mol. The van der Waals surface area contributed by atoms with Gasteiger partial charge in [0.1, 0.15) is 5.75 Å². The average Bonchev–Trinajstić information content (AvgIpc) is 2.47. The Labute approximate surface area is 123 Å². The minimum absolute atomic E-state index is 0.157. The van der Waals surface area contributed by atoms with Gasteiger partial charge in [-0.15, -0.1) is 0 Å². The van der Waals surface area contributed by atoms with Crippen molar-refractivity contribution in [1.29, 1.82) is 0 Å². The number of hydrogen-bond acceptors (Lipinski definition) is 3. The van der Waals surface area contributed by atoms with E-state index in [0.717, 1.165) is 5.56 Å². The molecular weight excluding hydrogens is 264 g/mol. The second-order valence-corrected chi connectivity index (χ2v) is 4.57. The van der Waals surface area contributed by atoms with Crippen molar-refractivity contribution in [2.24, 2.45) is 5.10 Å². The van der Waals surface area contributed by atoms with Gasteiger partial charge in [-0.2, -0.15) is 5.10 Å². The molecule has 2 aromatic rings. The molecule has 0 aliphatic heterocycles. The molecule has 4 nitrogen and oxygen atoms in total. The molecule has 0 aliphatic carbocycles. The number of amides is 1. The zero-order valence-corrected chi connectivity index (χ0v) is 11.7. The summed E-state index contributed by atoms with van der Waals surface area (Å²) in [6, 6.07) is 14.4. The number of aromatic hydroxyl groups is 1. The number of nitrogens with zero attached hydrogens (tertiary/aromatic N) is 1. The number of phenols is 1. The van der Waals surface area contributed by atoms with Gasteiger partial charge < -0.3 is 5.11 Å². The lowest BCUT2D eigenvalue weighted by atomic mass is 10.1. The van der Waals surface area contributed by atoms with Crippen molar-refractivity contribution in [3.63, 3.8) is 0 Å². The van der Waals surface area contributed by atoms with E-state index in [0.29, 0.717) is 5.56 Å². The van der Waals surface area contributed by atoms with Gasteiger partial charge in [0.15, 0.2) is 0 Å². The molecule has 2 N–H and O–H groups in total. The monoisotopic (exact) mass is 280 g/mol. The summed E-state index contributed by atoms with van der Waals surface area (Å²) in [6.45, 7) is 2.01. The van der Waals surface area contributed by atoms with Gasteiger partial charge in [-0.1, -0.05) is 42.0 Å². The molecule has 0 heterocycles. The Kier molecular flexibility index (Phi) is 4.88. The highest BCUT2D eigenvalue weighted by molar-refractivity contribution is 5.92. The molecule has 0 atom stereocenters. The Morgan fingerprint density at radius 1 is 1.14 bits per heavy atom. The number of benzene rings is 2. The van der Waals surface area contributed by atoms with E-state index in [2.05, 4.69) is 10.5 Å². The number of hydrogen-bond donors (Lipinski definition) is 2. The summed E-state index contributed by atoms with van der Waals surface area (Å²) >= 11 is 0. The lowest BCUT2D eigenvalue weighted by molar-refractivity contribution is -0.116. The number of rotatable bonds is 4. The standard InChI is InChI=1S/C17H16N2O2/c1-13-5-7-14(8-6-13)9-10-17(21)19-18-12-15-3-2-4-16(20)11-15/h2-12,20H,1H3,(H,19,21)/b10-9+,18-12-.